The van der Waals surface area contributed by atoms with Crippen LogP contribution in [0, 0.1) is 17.5 Å². The van der Waals surface area contributed by atoms with E-state index in [1.165, 1.54) is 18.9 Å². The number of nitrogens with zero attached hydrogens (tertiary/aromatic N) is 2. The number of aromatic nitrogens is 2. The summed E-state index contributed by atoms with van der Waals surface area (Å²) in [5.41, 5.74) is 2.81. The summed E-state index contributed by atoms with van der Waals surface area (Å²) in [7, 11) is 1.52. The lowest BCUT2D eigenvalue weighted by Crippen LogP contribution is -2.28. The molecule has 3 aromatic rings. The molecule has 3 heterocycles. The maximum atomic E-state index is 13.9. The molecule has 1 unspecified atom stereocenters. The minimum Gasteiger partial charge on any atom is -0.481 e. The van der Waals surface area contributed by atoms with E-state index in [0.29, 0.717) is 23.1 Å². The number of benzene rings is 1. The van der Waals surface area contributed by atoms with Crippen LogP contribution < -0.4 is 15.5 Å². The molecule has 4 rings (SSSR count). The monoisotopic (exact) mass is 475 g/mol. The smallest absolute Gasteiger partial charge is 0.268 e. The number of ether oxygens (including phenoxy) is 1. The Bertz CT molecular complexity index is 1240. The van der Waals surface area contributed by atoms with Crippen molar-refractivity contribution in [3.05, 3.63) is 82.6 Å². The molecule has 1 aliphatic heterocycles. The molecule has 0 spiro atoms. The number of halogens is 3. The predicted molar refractivity (Wildman–Crippen MR) is 115 cm³/mol. The normalized spacial score (nSPS) is 15.0. The van der Waals surface area contributed by atoms with E-state index in [-0.39, 0.29) is 23.2 Å². The molecule has 8 nitrogen and oxygen atoms in total. The van der Waals surface area contributed by atoms with E-state index < -0.39 is 34.7 Å². The largest absolute Gasteiger partial charge is 0.481 e. The first kappa shape index (κ1) is 22.4. The minimum absolute atomic E-state index is 0.00764. The number of H-pyrrole nitrogens is 1. The van der Waals surface area contributed by atoms with Crippen LogP contribution in [-0.4, -0.2) is 40.4 Å². The van der Waals surface area contributed by atoms with Crippen molar-refractivity contribution >= 4 is 28.5 Å². The number of hydrogen-bond donors (Lipinski definition) is 3. The van der Waals surface area contributed by atoms with Crippen LogP contribution in [0.3, 0.4) is 0 Å². The van der Waals surface area contributed by atoms with Gasteiger partial charge in [-0.15, -0.1) is 0 Å². The van der Waals surface area contributed by atoms with Crippen molar-refractivity contribution < 1.29 is 27.5 Å². The van der Waals surface area contributed by atoms with Crippen molar-refractivity contribution in [1.29, 1.82) is 0 Å². The Kier molecular flexibility index (Phi) is 6.36. The molecule has 1 amide bonds. The van der Waals surface area contributed by atoms with Gasteiger partial charge in [0.1, 0.15) is 33.6 Å². The van der Waals surface area contributed by atoms with Gasteiger partial charge in [-0.05, 0) is 17.7 Å². The van der Waals surface area contributed by atoms with Crippen LogP contribution in [-0.2, 0) is 0 Å². The van der Waals surface area contributed by atoms with Crippen LogP contribution >= 0.6 is 11.8 Å². The third-order valence-electron chi connectivity index (χ3n) is 4.66. The number of pyridine rings is 1. The Morgan fingerprint density at radius 3 is 2.67 bits per heavy atom. The fourth-order valence-corrected chi connectivity index (χ4v) is 3.97. The summed E-state index contributed by atoms with van der Waals surface area (Å²) in [6.07, 6.45) is 2.76. The molecule has 2 aromatic heterocycles. The number of thioether (sulfide) groups is 1. The van der Waals surface area contributed by atoms with Gasteiger partial charge < -0.3 is 15.0 Å². The molecule has 170 valence electrons. The van der Waals surface area contributed by atoms with Gasteiger partial charge in [0.15, 0.2) is 5.78 Å². The van der Waals surface area contributed by atoms with E-state index in [4.69, 9.17) is 4.74 Å². The first-order valence-electron chi connectivity index (χ1n) is 9.50. The zero-order chi connectivity index (χ0) is 23.5. The molecule has 1 aromatic carbocycles. The number of carbonyl (C=O) groups excluding carboxylic acids is 2. The molecule has 33 heavy (non-hydrogen) atoms. The Morgan fingerprint density at radius 2 is 1.94 bits per heavy atom. The fraction of sp³-hybridized carbons (Fsp3) is 0.143. The molecule has 0 bridgehead atoms. The number of nitrogens with one attached hydrogen (secondary N) is 3. The van der Waals surface area contributed by atoms with Gasteiger partial charge >= 0.3 is 0 Å². The summed E-state index contributed by atoms with van der Waals surface area (Å²) in [6, 6.07) is 5.58. The Labute approximate surface area is 189 Å². The van der Waals surface area contributed by atoms with Crippen molar-refractivity contribution in [2.45, 2.75) is 5.37 Å². The average Bonchev–Trinajstić information content (AvgIpc) is 3.47. The lowest BCUT2D eigenvalue weighted by molar-refractivity contribution is 0.0955. The Balaban J connectivity index is 1.36. The van der Waals surface area contributed by atoms with Crippen molar-refractivity contribution in [3.63, 3.8) is 0 Å². The standard InChI is InChI=1S/C21H16F3N5O3S/c1-32-16-5-10(2-3-25-16)21-29-28-17(33-21)9-27-20(31)15-4-11(8-26-15)19(30)18-13(23)6-12(22)7-14(18)24/h2-8,21,26,29H,9H2,1H3,(H,27,31). The predicted octanol–water partition coefficient (Wildman–Crippen LogP) is 3.15. The fourth-order valence-electron chi connectivity index (χ4n) is 3.05. The highest BCUT2D eigenvalue weighted by atomic mass is 32.2. The van der Waals surface area contributed by atoms with Crippen molar-refractivity contribution in [1.82, 2.24) is 20.7 Å². The van der Waals surface area contributed by atoms with E-state index in [1.54, 1.807) is 12.3 Å². The van der Waals surface area contributed by atoms with Crippen molar-refractivity contribution in [2.24, 2.45) is 5.10 Å². The number of amides is 1. The molecule has 0 saturated carbocycles. The van der Waals surface area contributed by atoms with Crippen LogP contribution in [0.1, 0.15) is 37.3 Å². The quantitative estimate of drug-likeness (QED) is 0.453. The van der Waals surface area contributed by atoms with E-state index in [0.717, 1.165) is 17.8 Å². The molecule has 1 atom stereocenters. The van der Waals surface area contributed by atoms with Crippen molar-refractivity contribution in [2.75, 3.05) is 13.7 Å². The molecule has 0 radical (unpaired) electrons. The van der Waals surface area contributed by atoms with E-state index in [9.17, 15) is 22.8 Å². The number of hydrogen-bond acceptors (Lipinski definition) is 7. The van der Waals surface area contributed by atoms with Gasteiger partial charge in [-0.3, -0.25) is 15.0 Å². The van der Waals surface area contributed by atoms with Gasteiger partial charge in [-0.25, -0.2) is 18.2 Å². The lowest BCUT2D eigenvalue weighted by atomic mass is 10.0. The maximum Gasteiger partial charge on any atom is 0.268 e. The first-order valence-corrected chi connectivity index (χ1v) is 10.4. The molecular weight excluding hydrogens is 459 g/mol. The van der Waals surface area contributed by atoms with Gasteiger partial charge in [0.25, 0.3) is 5.91 Å². The van der Waals surface area contributed by atoms with Gasteiger partial charge in [-0.2, -0.15) is 5.10 Å². The number of aromatic amines is 1. The molecule has 0 saturated heterocycles. The Hall–Kier alpha value is -3.80. The SMILES string of the molecule is COc1cc(C2NN=C(CNC(=O)c3cc(C(=O)c4c(F)cc(F)cc4F)c[nH]3)S2)ccn1. The molecular formula is C21H16F3N5O3S. The summed E-state index contributed by atoms with van der Waals surface area (Å²) in [5.74, 6) is -4.88. The third-order valence-corrected chi connectivity index (χ3v) is 5.78. The number of methoxy groups -OCH3 is 1. The van der Waals surface area contributed by atoms with Crippen LogP contribution in [0.5, 0.6) is 5.88 Å². The van der Waals surface area contributed by atoms with Gasteiger partial charge in [0, 0.05) is 36.2 Å². The number of hydrazone groups is 1. The molecule has 12 heteroatoms. The Morgan fingerprint density at radius 1 is 1.18 bits per heavy atom. The molecule has 3 N–H and O–H groups in total. The zero-order valence-corrected chi connectivity index (χ0v) is 17.8. The third kappa shape index (κ3) is 4.85. The van der Waals surface area contributed by atoms with Crippen LogP contribution in [0.2, 0.25) is 0 Å². The first-order chi connectivity index (χ1) is 15.9. The van der Waals surface area contributed by atoms with Crippen LogP contribution in [0.15, 0.2) is 47.8 Å². The van der Waals surface area contributed by atoms with Gasteiger partial charge in [0.2, 0.25) is 5.88 Å². The molecule has 0 aliphatic carbocycles. The number of ketones is 1. The lowest BCUT2D eigenvalue weighted by Gasteiger charge is -2.10. The summed E-state index contributed by atoms with van der Waals surface area (Å²) in [6.45, 7) is 0.110. The summed E-state index contributed by atoms with van der Waals surface area (Å²) in [4.78, 5) is 31.5. The minimum atomic E-state index is -1.32. The maximum absolute atomic E-state index is 13.9. The number of rotatable bonds is 7. The molecule has 0 fully saturated rings. The second-order valence-corrected chi connectivity index (χ2v) is 8.00. The average molecular weight is 475 g/mol. The van der Waals surface area contributed by atoms with E-state index in [1.807, 2.05) is 6.07 Å². The van der Waals surface area contributed by atoms with Crippen molar-refractivity contribution in [3.8, 4) is 5.88 Å². The highest BCUT2D eigenvalue weighted by Gasteiger charge is 2.24. The molecule has 1 aliphatic rings. The highest BCUT2D eigenvalue weighted by molar-refractivity contribution is 8.14. The summed E-state index contributed by atoms with van der Waals surface area (Å²) < 4.78 is 45.9. The zero-order valence-electron chi connectivity index (χ0n) is 17.0. The highest BCUT2D eigenvalue weighted by Crippen LogP contribution is 2.32. The van der Waals surface area contributed by atoms with Crippen LogP contribution in [0.4, 0.5) is 13.2 Å². The summed E-state index contributed by atoms with van der Waals surface area (Å²) in [5, 5.41) is 7.28. The van der Waals surface area contributed by atoms with Gasteiger partial charge in [-0.1, -0.05) is 11.8 Å². The van der Waals surface area contributed by atoms with Gasteiger partial charge in [0.05, 0.1) is 19.2 Å². The van der Waals surface area contributed by atoms with E-state index >= 15 is 0 Å². The van der Waals surface area contributed by atoms with Crippen LogP contribution in [0.25, 0.3) is 0 Å². The second-order valence-electron chi connectivity index (χ2n) is 6.82. The summed E-state index contributed by atoms with van der Waals surface area (Å²) >= 11 is 1.39. The van der Waals surface area contributed by atoms with E-state index in [2.05, 4.69) is 25.8 Å². The number of carbonyl (C=O) groups is 2. The topological polar surface area (TPSA) is 108 Å². The second kappa shape index (κ2) is 9.36.